The predicted octanol–water partition coefficient (Wildman–Crippen LogP) is 3.21. The van der Waals surface area contributed by atoms with Gasteiger partial charge in [-0.25, -0.2) is 12.8 Å². The van der Waals surface area contributed by atoms with E-state index in [1.807, 2.05) is 0 Å². The van der Waals surface area contributed by atoms with Crippen molar-refractivity contribution < 1.29 is 12.8 Å². The summed E-state index contributed by atoms with van der Waals surface area (Å²) in [5.41, 5.74) is 0.0104. The highest BCUT2D eigenvalue weighted by Gasteiger charge is 2.25. The average Bonchev–Trinajstić information content (AvgIpc) is 2.46. The third-order valence-electron chi connectivity index (χ3n) is 2.75. The number of halogens is 1. The van der Waals surface area contributed by atoms with E-state index in [1.54, 1.807) is 24.3 Å². The number of sulfonamides is 1. The van der Waals surface area contributed by atoms with E-state index in [2.05, 4.69) is 6.58 Å². The molecule has 0 N–H and O–H groups in total. The molecule has 2 aromatic rings. The van der Waals surface area contributed by atoms with E-state index in [1.165, 1.54) is 36.4 Å². The summed E-state index contributed by atoms with van der Waals surface area (Å²) in [5.74, 6) is -0.589. The first-order valence-corrected chi connectivity index (χ1v) is 7.44. The quantitative estimate of drug-likeness (QED) is 0.793. The molecule has 0 atom stereocenters. The van der Waals surface area contributed by atoms with Crippen LogP contribution in [0.4, 0.5) is 10.1 Å². The maximum atomic E-state index is 13.9. The van der Waals surface area contributed by atoms with Crippen molar-refractivity contribution in [2.75, 3.05) is 10.8 Å². The first-order chi connectivity index (χ1) is 9.57. The largest absolute Gasteiger partial charge is 0.264 e. The van der Waals surface area contributed by atoms with Crippen LogP contribution in [0.1, 0.15) is 0 Å². The van der Waals surface area contributed by atoms with Crippen LogP contribution in [0.15, 0.2) is 72.1 Å². The molecule has 20 heavy (non-hydrogen) atoms. The molecule has 0 aliphatic heterocycles. The van der Waals surface area contributed by atoms with E-state index < -0.39 is 15.8 Å². The Morgan fingerprint density at radius 2 is 1.65 bits per heavy atom. The Labute approximate surface area is 118 Å². The van der Waals surface area contributed by atoms with Gasteiger partial charge in [-0.2, -0.15) is 0 Å². The van der Waals surface area contributed by atoms with Crippen LogP contribution < -0.4 is 4.31 Å². The Hall–Kier alpha value is -2.14. The van der Waals surface area contributed by atoms with Crippen LogP contribution in [0.25, 0.3) is 0 Å². The van der Waals surface area contributed by atoms with Crippen LogP contribution in [-0.4, -0.2) is 15.0 Å². The molecule has 2 rings (SSSR count). The van der Waals surface area contributed by atoms with Crippen molar-refractivity contribution in [1.82, 2.24) is 0 Å². The molecule has 5 heteroatoms. The summed E-state index contributed by atoms with van der Waals surface area (Å²) < 4.78 is 40.0. The highest BCUT2D eigenvalue weighted by molar-refractivity contribution is 7.92. The van der Waals surface area contributed by atoms with Crippen molar-refractivity contribution in [3.63, 3.8) is 0 Å². The van der Waals surface area contributed by atoms with Crippen molar-refractivity contribution in [2.45, 2.75) is 4.90 Å². The van der Waals surface area contributed by atoms with Crippen LogP contribution in [-0.2, 0) is 10.0 Å². The molecule has 2 aromatic carbocycles. The van der Waals surface area contributed by atoms with Gasteiger partial charge in [0.1, 0.15) is 5.82 Å². The van der Waals surface area contributed by atoms with E-state index in [0.29, 0.717) is 0 Å². The number of hydrogen-bond donors (Lipinski definition) is 0. The second-order valence-electron chi connectivity index (χ2n) is 4.09. The molecule has 0 saturated carbocycles. The molecule has 0 amide bonds. The van der Waals surface area contributed by atoms with Crippen LogP contribution >= 0.6 is 0 Å². The molecule has 0 radical (unpaired) electrons. The summed E-state index contributed by atoms with van der Waals surface area (Å²) in [6.45, 7) is 3.53. The maximum absolute atomic E-state index is 13.9. The summed E-state index contributed by atoms with van der Waals surface area (Å²) in [7, 11) is -3.82. The second-order valence-corrected chi connectivity index (χ2v) is 5.95. The lowest BCUT2D eigenvalue weighted by molar-refractivity contribution is 0.587. The molecule has 0 saturated heterocycles. The smallest absolute Gasteiger partial charge is 0.260 e. The molecule has 3 nitrogen and oxygen atoms in total. The standard InChI is InChI=1S/C15H14FNO2S/c1-2-12-17(15-11-7-6-10-14(15)16)20(18,19)13-8-4-3-5-9-13/h2-11H,1,12H2. The van der Waals surface area contributed by atoms with E-state index >= 15 is 0 Å². The van der Waals surface area contributed by atoms with Crippen LogP contribution in [0, 0.1) is 5.82 Å². The van der Waals surface area contributed by atoms with Crippen molar-refractivity contribution >= 4 is 15.7 Å². The number of para-hydroxylation sites is 1. The fourth-order valence-electron chi connectivity index (χ4n) is 1.82. The van der Waals surface area contributed by atoms with E-state index in [-0.39, 0.29) is 17.1 Å². The molecule has 0 unspecified atom stereocenters. The number of nitrogens with zero attached hydrogens (tertiary/aromatic N) is 1. The molecule has 0 spiro atoms. The van der Waals surface area contributed by atoms with Gasteiger partial charge in [0.05, 0.1) is 17.1 Å². The Balaban J connectivity index is 2.55. The van der Waals surface area contributed by atoms with Gasteiger partial charge in [0.15, 0.2) is 0 Å². The lowest BCUT2D eigenvalue weighted by atomic mass is 10.3. The normalized spacial score (nSPS) is 11.1. The monoisotopic (exact) mass is 291 g/mol. The zero-order chi connectivity index (χ0) is 14.6. The molecule has 0 aliphatic carbocycles. The first kappa shape index (κ1) is 14.3. The molecule has 0 fully saturated rings. The summed E-state index contributed by atoms with van der Waals surface area (Å²) in [6.07, 6.45) is 1.42. The van der Waals surface area contributed by atoms with Crippen LogP contribution in [0.5, 0.6) is 0 Å². The van der Waals surface area contributed by atoms with Gasteiger partial charge in [0, 0.05) is 0 Å². The van der Waals surface area contributed by atoms with Crippen LogP contribution in [0.3, 0.4) is 0 Å². The summed E-state index contributed by atoms with van der Waals surface area (Å²) in [6, 6.07) is 13.7. The van der Waals surface area contributed by atoms with E-state index in [4.69, 9.17) is 0 Å². The van der Waals surface area contributed by atoms with E-state index in [9.17, 15) is 12.8 Å². The second kappa shape index (κ2) is 5.88. The lowest BCUT2D eigenvalue weighted by Gasteiger charge is -2.23. The van der Waals surface area contributed by atoms with Crippen molar-refractivity contribution in [1.29, 1.82) is 0 Å². The Morgan fingerprint density at radius 3 is 2.25 bits per heavy atom. The third-order valence-corrected chi connectivity index (χ3v) is 4.54. The number of benzene rings is 2. The molecule has 0 aliphatic rings. The summed E-state index contributed by atoms with van der Waals surface area (Å²) in [5, 5.41) is 0. The minimum Gasteiger partial charge on any atom is -0.260 e. The van der Waals surface area contributed by atoms with Gasteiger partial charge < -0.3 is 0 Å². The number of rotatable bonds is 5. The Morgan fingerprint density at radius 1 is 1.05 bits per heavy atom. The summed E-state index contributed by atoms with van der Waals surface area (Å²) >= 11 is 0. The van der Waals surface area contributed by atoms with Crippen LogP contribution in [0.2, 0.25) is 0 Å². The molecular formula is C15H14FNO2S. The summed E-state index contributed by atoms with van der Waals surface area (Å²) in [4.78, 5) is 0.116. The first-order valence-electron chi connectivity index (χ1n) is 6.00. The number of hydrogen-bond acceptors (Lipinski definition) is 2. The fraction of sp³-hybridized carbons (Fsp3) is 0.0667. The maximum Gasteiger partial charge on any atom is 0.264 e. The minimum atomic E-state index is -3.82. The highest BCUT2D eigenvalue weighted by Crippen LogP contribution is 2.25. The average molecular weight is 291 g/mol. The molecule has 0 aromatic heterocycles. The predicted molar refractivity (Wildman–Crippen MR) is 77.6 cm³/mol. The van der Waals surface area contributed by atoms with Gasteiger partial charge in [0.2, 0.25) is 0 Å². The number of anilines is 1. The van der Waals surface area contributed by atoms with Gasteiger partial charge in [-0.3, -0.25) is 4.31 Å². The molecule has 0 bridgehead atoms. The molecule has 104 valence electrons. The molecule has 0 heterocycles. The topological polar surface area (TPSA) is 37.4 Å². The third kappa shape index (κ3) is 2.72. The van der Waals surface area contributed by atoms with Crippen molar-refractivity contribution in [3.05, 3.63) is 73.1 Å². The fourth-order valence-corrected chi connectivity index (χ4v) is 3.28. The zero-order valence-corrected chi connectivity index (χ0v) is 11.6. The van der Waals surface area contributed by atoms with Gasteiger partial charge in [-0.05, 0) is 24.3 Å². The van der Waals surface area contributed by atoms with Gasteiger partial charge >= 0.3 is 0 Å². The minimum absolute atomic E-state index is 0.00182. The highest BCUT2D eigenvalue weighted by atomic mass is 32.2. The van der Waals surface area contributed by atoms with E-state index in [0.717, 1.165) is 4.31 Å². The van der Waals surface area contributed by atoms with Gasteiger partial charge in [-0.15, -0.1) is 6.58 Å². The van der Waals surface area contributed by atoms with Gasteiger partial charge in [0.25, 0.3) is 10.0 Å². The Kier molecular flexibility index (Phi) is 4.20. The van der Waals surface area contributed by atoms with Crippen molar-refractivity contribution in [3.8, 4) is 0 Å². The SMILES string of the molecule is C=CCN(c1ccccc1F)S(=O)(=O)c1ccccc1. The van der Waals surface area contributed by atoms with Gasteiger partial charge in [-0.1, -0.05) is 36.4 Å². The lowest BCUT2D eigenvalue weighted by Crippen LogP contribution is -2.31. The van der Waals surface area contributed by atoms with Crippen molar-refractivity contribution in [2.24, 2.45) is 0 Å². The Bertz CT molecular complexity index is 699. The molecular weight excluding hydrogens is 277 g/mol. The zero-order valence-electron chi connectivity index (χ0n) is 10.7.